The van der Waals surface area contributed by atoms with Gasteiger partial charge in [0.15, 0.2) is 6.10 Å². The van der Waals surface area contributed by atoms with Crippen molar-refractivity contribution in [2.24, 2.45) is 0 Å². The molecule has 1 heterocycles. The van der Waals surface area contributed by atoms with Crippen LogP contribution in [0.25, 0.3) is 0 Å². The predicted molar refractivity (Wildman–Crippen MR) is 106 cm³/mol. The van der Waals surface area contributed by atoms with Crippen molar-refractivity contribution in [2.45, 2.75) is 38.7 Å². The molecule has 0 bridgehead atoms. The van der Waals surface area contributed by atoms with Gasteiger partial charge in [0.25, 0.3) is 5.91 Å². The SMILES string of the molecule is CCC(Oc1ccccc1)C(=O)NCCCN1CCCc2ccccc21. The lowest BCUT2D eigenvalue weighted by atomic mass is 10.0. The second kappa shape index (κ2) is 9.27. The highest BCUT2D eigenvalue weighted by Gasteiger charge is 2.19. The summed E-state index contributed by atoms with van der Waals surface area (Å²) in [5.41, 5.74) is 2.79. The third-order valence-corrected chi connectivity index (χ3v) is 4.80. The fraction of sp³-hybridized carbons (Fsp3) is 0.409. The highest BCUT2D eigenvalue weighted by molar-refractivity contribution is 5.81. The fourth-order valence-corrected chi connectivity index (χ4v) is 3.42. The predicted octanol–water partition coefficient (Wildman–Crippen LogP) is 3.80. The van der Waals surface area contributed by atoms with Crippen LogP contribution in [0, 0.1) is 0 Å². The van der Waals surface area contributed by atoms with E-state index in [0.29, 0.717) is 13.0 Å². The summed E-state index contributed by atoms with van der Waals surface area (Å²) < 4.78 is 5.80. The van der Waals surface area contributed by atoms with Crippen molar-refractivity contribution < 1.29 is 9.53 Å². The van der Waals surface area contributed by atoms with Crippen LogP contribution in [0.4, 0.5) is 5.69 Å². The average molecular weight is 352 g/mol. The summed E-state index contributed by atoms with van der Waals surface area (Å²) in [6.45, 7) is 4.71. The summed E-state index contributed by atoms with van der Waals surface area (Å²) >= 11 is 0. The fourth-order valence-electron chi connectivity index (χ4n) is 3.42. The number of benzene rings is 2. The van der Waals surface area contributed by atoms with Gasteiger partial charge in [-0.25, -0.2) is 0 Å². The zero-order valence-corrected chi connectivity index (χ0v) is 15.5. The monoisotopic (exact) mass is 352 g/mol. The Labute approximate surface area is 156 Å². The van der Waals surface area contributed by atoms with Gasteiger partial charge in [-0.15, -0.1) is 0 Å². The number of nitrogens with zero attached hydrogens (tertiary/aromatic N) is 1. The number of nitrogens with one attached hydrogen (secondary N) is 1. The summed E-state index contributed by atoms with van der Waals surface area (Å²) in [7, 11) is 0. The van der Waals surface area contributed by atoms with Crippen LogP contribution in [0.2, 0.25) is 0 Å². The third kappa shape index (κ3) is 4.78. The first-order valence-corrected chi connectivity index (χ1v) is 9.60. The molecule has 0 saturated carbocycles. The number of rotatable bonds is 8. The number of amides is 1. The smallest absolute Gasteiger partial charge is 0.261 e. The molecule has 4 nitrogen and oxygen atoms in total. The molecule has 0 fully saturated rings. The van der Waals surface area contributed by atoms with Gasteiger partial charge in [-0.2, -0.15) is 0 Å². The van der Waals surface area contributed by atoms with Crippen molar-refractivity contribution in [3.8, 4) is 5.75 Å². The van der Waals surface area contributed by atoms with Gasteiger partial charge >= 0.3 is 0 Å². The topological polar surface area (TPSA) is 41.6 Å². The van der Waals surface area contributed by atoms with Gasteiger partial charge in [-0.05, 0) is 49.4 Å². The number of ether oxygens (including phenoxy) is 1. The molecule has 0 radical (unpaired) electrons. The Morgan fingerprint density at radius 3 is 2.73 bits per heavy atom. The second-order valence-corrected chi connectivity index (χ2v) is 6.69. The minimum atomic E-state index is -0.437. The summed E-state index contributed by atoms with van der Waals surface area (Å²) in [6, 6.07) is 18.2. The van der Waals surface area contributed by atoms with Crippen LogP contribution in [0.1, 0.15) is 31.7 Å². The van der Waals surface area contributed by atoms with E-state index in [-0.39, 0.29) is 5.91 Å². The molecule has 2 aromatic carbocycles. The maximum absolute atomic E-state index is 12.4. The van der Waals surface area contributed by atoms with Gasteiger partial charge in [0.2, 0.25) is 0 Å². The van der Waals surface area contributed by atoms with Crippen LogP contribution in [0.3, 0.4) is 0 Å². The van der Waals surface area contributed by atoms with Crippen LogP contribution < -0.4 is 15.0 Å². The summed E-state index contributed by atoms with van der Waals surface area (Å²) in [5.74, 6) is 0.704. The highest BCUT2D eigenvalue weighted by Crippen LogP contribution is 2.26. The molecule has 1 N–H and O–H groups in total. The maximum atomic E-state index is 12.4. The van der Waals surface area contributed by atoms with Gasteiger partial charge in [-0.3, -0.25) is 4.79 Å². The summed E-state index contributed by atoms with van der Waals surface area (Å²) in [4.78, 5) is 14.8. The largest absolute Gasteiger partial charge is 0.481 e. The highest BCUT2D eigenvalue weighted by atomic mass is 16.5. The molecule has 0 saturated heterocycles. The minimum absolute atomic E-state index is 0.0320. The third-order valence-electron chi connectivity index (χ3n) is 4.80. The molecule has 26 heavy (non-hydrogen) atoms. The molecule has 0 spiro atoms. The Kier molecular flexibility index (Phi) is 6.53. The molecule has 3 rings (SSSR count). The van der Waals surface area contributed by atoms with Gasteiger partial charge in [0, 0.05) is 25.3 Å². The quantitative estimate of drug-likeness (QED) is 0.735. The van der Waals surface area contributed by atoms with Crippen molar-refractivity contribution in [2.75, 3.05) is 24.5 Å². The van der Waals surface area contributed by atoms with E-state index in [0.717, 1.165) is 25.3 Å². The number of aryl methyl sites for hydroxylation is 1. The molecule has 4 heteroatoms. The van der Waals surface area contributed by atoms with Crippen molar-refractivity contribution in [3.05, 3.63) is 60.2 Å². The van der Waals surface area contributed by atoms with E-state index in [1.165, 1.54) is 24.1 Å². The molecular formula is C22H28N2O2. The molecule has 1 atom stereocenters. The Morgan fingerprint density at radius 2 is 1.92 bits per heavy atom. The molecular weight excluding hydrogens is 324 g/mol. The zero-order valence-electron chi connectivity index (χ0n) is 15.5. The number of fused-ring (bicyclic) bond motifs is 1. The number of hydrogen-bond donors (Lipinski definition) is 1. The average Bonchev–Trinajstić information content (AvgIpc) is 2.70. The number of carbonyl (C=O) groups excluding carboxylic acids is 1. The second-order valence-electron chi connectivity index (χ2n) is 6.69. The van der Waals surface area contributed by atoms with Crippen LogP contribution in [0.5, 0.6) is 5.75 Å². The van der Waals surface area contributed by atoms with Crippen molar-refractivity contribution in [1.82, 2.24) is 5.32 Å². The van der Waals surface area contributed by atoms with E-state index >= 15 is 0 Å². The zero-order chi connectivity index (χ0) is 18.2. The molecule has 1 aliphatic rings. The lowest BCUT2D eigenvalue weighted by Gasteiger charge is -2.31. The Hall–Kier alpha value is -2.49. The number of carbonyl (C=O) groups is 1. The van der Waals surface area contributed by atoms with Crippen molar-refractivity contribution >= 4 is 11.6 Å². The molecule has 1 aliphatic heterocycles. The van der Waals surface area contributed by atoms with E-state index in [9.17, 15) is 4.79 Å². The number of hydrogen-bond acceptors (Lipinski definition) is 3. The number of para-hydroxylation sites is 2. The van der Waals surface area contributed by atoms with E-state index in [1.807, 2.05) is 37.3 Å². The van der Waals surface area contributed by atoms with Crippen LogP contribution >= 0.6 is 0 Å². The standard InChI is InChI=1S/C22H28N2O2/c1-2-21(26-19-12-4-3-5-13-19)22(25)23-15-9-17-24-16-8-11-18-10-6-7-14-20(18)24/h3-7,10,12-14,21H,2,8-9,11,15-17H2,1H3,(H,23,25). The molecule has 1 amide bonds. The molecule has 0 aliphatic carbocycles. The Bertz CT molecular complexity index is 702. The minimum Gasteiger partial charge on any atom is -0.481 e. The van der Waals surface area contributed by atoms with Gasteiger partial charge < -0.3 is 15.0 Å². The van der Waals surface area contributed by atoms with Crippen molar-refractivity contribution in [1.29, 1.82) is 0 Å². The van der Waals surface area contributed by atoms with Gasteiger partial charge in [-0.1, -0.05) is 43.3 Å². The van der Waals surface area contributed by atoms with E-state index < -0.39 is 6.10 Å². The normalized spacial score (nSPS) is 14.4. The van der Waals surface area contributed by atoms with Gasteiger partial charge in [0.1, 0.15) is 5.75 Å². The van der Waals surface area contributed by atoms with E-state index in [2.05, 4.69) is 34.5 Å². The van der Waals surface area contributed by atoms with Crippen LogP contribution in [0.15, 0.2) is 54.6 Å². The van der Waals surface area contributed by atoms with Crippen molar-refractivity contribution in [3.63, 3.8) is 0 Å². The summed E-state index contributed by atoms with van der Waals surface area (Å²) in [5, 5.41) is 3.03. The Balaban J connectivity index is 1.44. The van der Waals surface area contributed by atoms with Gasteiger partial charge in [0.05, 0.1) is 0 Å². The van der Waals surface area contributed by atoms with Crippen LogP contribution in [-0.4, -0.2) is 31.6 Å². The van der Waals surface area contributed by atoms with E-state index in [1.54, 1.807) is 0 Å². The van der Waals surface area contributed by atoms with E-state index in [4.69, 9.17) is 4.74 Å². The lowest BCUT2D eigenvalue weighted by Crippen LogP contribution is -2.39. The Morgan fingerprint density at radius 1 is 1.15 bits per heavy atom. The summed E-state index contributed by atoms with van der Waals surface area (Å²) in [6.07, 6.45) is 3.51. The molecule has 0 aromatic heterocycles. The molecule has 138 valence electrons. The number of anilines is 1. The maximum Gasteiger partial charge on any atom is 0.261 e. The first kappa shape index (κ1) is 18.3. The lowest BCUT2D eigenvalue weighted by molar-refractivity contribution is -0.128. The first-order valence-electron chi connectivity index (χ1n) is 9.60. The molecule has 2 aromatic rings. The first-order chi connectivity index (χ1) is 12.8. The molecule has 1 unspecified atom stereocenters. The van der Waals surface area contributed by atoms with Crippen LogP contribution in [-0.2, 0) is 11.2 Å².